The largest absolute Gasteiger partial charge is 0.462 e. The lowest BCUT2D eigenvalue weighted by Gasteiger charge is -2.58. The first-order valence-electron chi connectivity index (χ1n) is 12.4. The van der Waals surface area contributed by atoms with Crippen LogP contribution < -0.4 is 0 Å². The molecule has 7 atom stereocenters. The first-order valence-corrected chi connectivity index (χ1v) is 12.4. The van der Waals surface area contributed by atoms with Crippen LogP contribution in [0.4, 0.5) is 0 Å². The van der Waals surface area contributed by atoms with Crippen LogP contribution in [0.3, 0.4) is 0 Å². The van der Waals surface area contributed by atoms with Crippen molar-refractivity contribution in [3.8, 4) is 0 Å². The molecule has 1 N–H and O–H groups in total. The van der Waals surface area contributed by atoms with Crippen molar-refractivity contribution in [1.82, 2.24) is 0 Å². The lowest BCUT2D eigenvalue weighted by Crippen LogP contribution is -2.54. The van der Waals surface area contributed by atoms with Crippen molar-refractivity contribution >= 4 is 11.8 Å². The predicted octanol–water partition coefficient (Wildman–Crippen LogP) is 5.37. The molecule has 30 heavy (non-hydrogen) atoms. The minimum absolute atomic E-state index is 0.0475. The highest BCUT2D eigenvalue weighted by Gasteiger charge is 2.60. The number of carbonyl (C=O) groups excluding carboxylic acids is 2. The summed E-state index contributed by atoms with van der Waals surface area (Å²) in [4.78, 5) is 24.9. The summed E-state index contributed by atoms with van der Waals surface area (Å²) >= 11 is 0. The summed E-state index contributed by atoms with van der Waals surface area (Å²) in [6, 6.07) is 0. The van der Waals surface area contributed by atoms with Crippen LogP contribution in [-0.4, -0.2) is 29.1 Å². The maximum Gasteiger partial charge on any atom is 0.306 e. The molecule has 4 aliphatic carbocycles. The summed E-state index contributed by atoms with van der Waals surface area (Å²) in [5.41, 5.74) is 1.13. The van der Waals surface area contributed by atoms with Crippen LogP contribution in [0.1, 0.15) is 97.8 Å². The zero-order chi connectivity index (χ0) is 21.5. The van der Waals surface area contributed by atoms with E-state index in [2.05, 4.69) is 26.8 Å². The lowest BCUT2D eigenvalue weighted by atomic mass is 9.47. The molecule has 0 amide bonds. The highest BCUT2D eigenvalue weighted by atomic mass is 16.5. The van der Waals surface area contributed by atoms with Crippen LogP contribution in [0.25, 0.3) is 0 Å². The molecule has 3 saturated carbocycles. The molecule has 0 heterocycles. The normalized spacial score (nSPS) is 42.7. The lowest BCUT2D eigenvalue weighted by molar-refractivity contribution is -0.152. The highest BCUT2D eigenvalue weighted by Crippen LogP contribution is 2.64. The molecular formula is C26H40O4. The number of hydrogen-bond donors (Lipinski definition) is 1. The van der Waals surface area contributed by atoms with E-state index in [-0.39, 0.29) is 28.8 Å². The van der Waals surface area contributed by atoms with Crippen LogP contribution in [-0.2, 0) is 14.3 Å². The Labute approximate surface area is 181 Å². The minimum Gasteiger partial charge on any atom is -0.462 e. The molecule has 0 aliphatic heterocycles. The van der Waals surface area contributed by atoms with Gasteiger partial charge in [-0.05, 0) is 61.7 Å². The third kappa shape index (κ3) is 3.67. The summed E-state index contributed by atoms with van der Waals surface area (Å²) in [7, 11) is 0. The topological polar surface area (TPSA) is 63.6 Å². The van der Waals surface area contributed by atoms with E-state index in [1.165, 1.54) is 18.4 Å². The minimum atomic E-state index is -0.475. The molecule has 4 rings (SSSR count). The van der Waals surface area contributed by atoms with Gasteiger partial charge in [-0.1, -0.05) is 51.7 Å². The summed E-state index contributed by atoms with van der Waals surface area (Å²) < 4.78 is 5.83. The van der Waals surface area contributed by atoms with Crippen molar-refractivity contribution in [3.05, 3.63) is 11.6 Å². The summed E-state index contributed by atoms with van der Waals surface area (Å²) in [6.45, 7) is 6.69. The highest BCUT2D eigenvalue weighted by molar-refractivity contribution is 5.87. The Morgan fingerprint density at radius 1 is 1.10 bits per heavy atom. The SMILES string of the molecule is CCCCCCC(=O)O[C@H]1CC[C@@]2(C)C(=CC(O)[C@@H]3[C@@H]2CC[C@]2(C)C(=O)CC[C@@H]32)C1. The average molecular weight is 417 g/mol. The molecule has 4 heteroatoms. The number of ether oxygens (including phenoxy) is 1. The number of hydrogen-bond acceptors (Lipinski definition) is 4. The Morgan fingerprint density at radius 2 is 1.83 bits per heavy atom. The molecular weight excluding hydrogens is 376 g/mol. The van der Waals surface area contributed by atoms with Crippen LogP contribution in [0.2, 0.25) is 0 Å². The van der Waals surface area contributed by atoms with Gasteiger partial charge >= 0.3 is 5.97 Å². The Morgan fingerprint density at radius 3 is 2.60 bits per heavy atom. The number of fused-ring (bicyclic) bond motifs is 5. The second kappa shape index (κ2) is 8.41. The first kappa shape index (κ1) is 22.0. The molecule has 0 aromatic heterocycles. The van der Waals surface area contributed by atoms with Crippen molar-refractivity contribution in [3.63, 3.8) is 0 Å². The first-order chi connectivity index (χ1) is 14.3. The molecule has 0 bridgehead atoms. The van der Waals surface area contributed by atoms with E-state index >= 15 is 0 Å². The average Bonchev–Trinajstić information content (AvgIpc) is 3.01. The van der Waals surface area contributed by atoms with Gasteiger partial charge in [0.2, 0.25) is 0 Å². The van der Waals surface area contributed by atoms with Crippen molar-refractivity contribution in [2.75, 3.05) is 0 Å². The van der Waals surface area contributed by atoms with E-state index in [1.54, 1.807) is 0 Å². The molecule has 0 saturated heterocycles. The zero-order valence-electron chi connectivity index (χ0n) is 19.1. The maximum absolute atomic E-state index is 12.6. The van der Waals surface area contributed by atoms with Gasteiger partial charge < -0.3 is 9.84 Å². The van der Waals surface area contributed by atoms with Gasteiger partial charge in [0.25, 0.3) is 0 Å². The Bertz CT molecular complexity index is 712. The molecule has 0 aromatic carbocycles. The van der Waals surface area contributed by atoms with E-state index in [1.807, 2.05) is 0 Å². The van der Waals surface area contributed by atoms with E-state index < -0.39 is 6.10 Å². The number of Topliss-reactive ketones (excluding diaryl/α,β-unsaturated/α-hetero) is 1. The molecule has 0 aromatic rings. The second-order valence-electron chi connectivity index (χ2n) is 11.0. The molecule has 168 valence electrons. The number of ketones is 1. The fraction of sp³-hybridized carbons (Fsp3) is 0.846. The van der Waals surface area contributed by atoms with Crippen molar-refractivity contribution < 1.29 is 19.4 Å². The van der Waals surface area contributed by atoms with Crippen LogP contribution in [0, 0.1) is 28.6 Å². The number of esters is 1. The molecule has 0 spiro atoms. The van der Waals surface area contributed by atoms with Crippen molar-refractivity contribution in [2.45, 2.75) is 110 Å². The monoisotopic (exact) mass is 416 g/mol. The third-order valence-corrected chi connectivity index (χ3v) is 9.33. The number of carbonyl (C=O) groups is 2. The van der Waals surface area contributed by atoms with Crippen molar-refractivity contribution in [1.29, 1.82) is 0 Å². The predicted molar refractivity (Wildman–Crippen MR) is 117 cm³/mol. The second-order valence-corrected chi connectivity index (χ2v) is 11.0. The van der Waals surface area contributed by atoms with Crippen LogP contribution >= 0.6 is 0 Å². The van der Waals surface area contributed by atoms with Crippen molar-refractivity contribution in [2.24, 2.45) is 28.6 Å². The molecule has 0 radical (unpaired) electrons. The smallest absolute Gasteiger partial charge is 0.306 e. The Kier molecular flexibility index (Phi) is 6.18. The maximum atomic E-state index is 12.6. The summed E-state index contributed by atoms with van der Waals surface area (Å²) in [5.74, 6) is 1.29. The summed E-state index contributed by atoms with van der Waals surface area (Å²) in [6.07, 6.45) is 12.7. The van der Waals surface area contributed by atoms with E-state index in [9.17, 15) is 14.7 Å². The van der Waals surface area contributed by atoms with Gasteiger partial charge in [0.1, 0.15) is 11.9 Å². The van der Waals surface area contributed by atoms with Crippen LogP contribution in [0.15, 0.2) is 11.6 Å². The van der Waals surface area contributed by atoms with Gasteiger partial charge in [-0.2, -0.15) is 0 Å². The third-order valence-electron chi connectivity index (χ3n) is 9.33. The van der Waals surface area contributed by atoms with Gasteiger partial charge in [0, 0.05) is 24.7 Å². The molecule has 4 aliphatic rings. The Hall–Kier alpha value is -1.16. The van der Waals surface area contributed by atoms with E-state index in [4.69, 9.17) is 4.74 Å². The van der Waals surface area contributed by atoms with Gasteiger partial charge in [-0.25, -0.2) is 0 Å². The van der Waals surface area contributed by atoms with E-state index in [0.717, 1.165) is 51.4 Å². The quantitative estimate of drug-likeness (QED) is 0.359. The van der Waals surface area contributed by atoms with Gasteiger partial charge in [-0.3, -0.25) is 9.59 Å². The number of aliphatic hydroxyl groups is 1. The zero-order valence-corrected chi connectivity index (χ0v) is 19.1. The summed E-state index contributed by atoms with van der Waals surface area (Å²) in [5, 5.41) is 11.1. The van der Waals surface area contributed by atoms with E-state index in [0.29, 0.717) is 30.5 Å². The van der Waals surface area contributed by atoms with Gasteiger partial charge in [-0.15, -0.1) is 0 Å². The number of unbranched alkanes of at least 4 members (excludes halogenated alkanes) is 3. The number of rotatable bonds is 6. The van der Waals surface area contributed by atoms with Gasteiger partial charge in [0.15, 0.2) is 0 Å². The molecule has 1 unspecified atom stereocenters. The fourth-order valence-electron chi connectivity index (χ4n) is 7.43. The molecule has 3 fully saturated rings. The Balaban J connectivity index is 1.44. The standard InChI is InChI=1S/C26H40O4/c1-4-5-6-7-8-23(29)30-18-11-13-25(2)17(15-18)16-21(27)24-19-9-10-22(28)26(19,3)14-12-20(24)25/h16,18-21,24,27H,4-15H2,1-3H3/t18-,19-,20-,21?,24-,25-,26-/m0/s1. The molecule has 4 nitrogen and oxygen atoms in total. The number of aliphatic hydroxyl groups excluding tert-OH is 1. The van der Waals surface area contributed by atoms with Gasteiger partial charge in [0.05, 0.1) is 6.10 Å². The fourth-order valence-corrected chi connectivity index (χ4v) is 7.43. The van der Waals surface area contributed by atoms with Crippen LogP contribution in [0.5, 0.6) is 0 Å².